The molecule has 1 N–H and O–H groups in total. The maximum absolute atomic E-state index is 12.8. The summed E-state index contributed by atoms with van der Waals surface area (Å²) in [7, 11) is 0. The van der Waals surface area contributed by atoms with Crippen LogP contribution in [0.3, 0.4) is 0 Å². The summed E-state index contributed by atoms with van der Waals surface area (Å²) in [5.41, 5.74) is 0.0753. The second kappa shape index (κ2) is 5.10. The predicted octanol–water partition coefficient (Wildman–Crippen LogP) is 3.20. The molecule has 0 aliphatic heterocycles. The van der Waals surface area contributed by atoms with Crippen LogP contribution in [0.1, 0.15) is 18.5 Å². The van der Waals surface area contributed by atoms with Crippen LogP contribution >= 0.6 is 0 Å². The second-order valence-corrected chi connectivity index (χ2v) is 3.82. The molecule has 0 aliphatic carbocycles. The van der Waals surface area contributed by atoms with Gasteiger partial charge in [0.25, 0.3) is 0 Å². The number of hydrogen-bond donors (Lipinski definition) is 1. The van der Waals surface area contributed by atoms with E-state index in [1.54, 1.807) is 0 Å². The molecule has 1 aromatic rings. The van der Waals surface area contributed by atoms with Crippen molar-refractivity contribution in [2.45, 2.75) is 25.1 Å². The fraction of sp³-hybridized carbons (Fsp3) is 0.364. The van der Waals surface area contributed by atoms with Crippen LogP contribution < -0.4 is 5.32 Å². The van der Waals surface area contributed by atoms with Gasteiger partial charge >= 0.3 is 18.0 Å². The van der Waals surface area contributed by atoms with Crippen LogP contribution in [0.25, 0.3) is 0 Å². The van der Waals surface area contributed by atoms with E-state index < -0.39 is 29.9 Å². The van der Waals surface area contributed by atoms with Gasteiger partial charge in [-0.25, -0.2) is 4.39 Å². The van der Waals surface area contributed by atoms with Gasteiger partial charge in [0.2, 0.25) is 0 Å². The van der Waals surface area contributed by atoms with Crippen molar-refractivity contribution in [2.24, 2.45) is 0 Å². The summed E-state index contributed by atoms with van der Waals surface area (Å²) >= 11 is 0. The van der Waals surface area contributed by atoms with E-state index in [4.69, 9.17) is 0 Å². The number of carbonyl (C=O) groups excluding carboxylic acids is 1. The van der Waals surface area contributed by atoms with E-state index >= 15 is 0 Å². The molecule has 1 atom stereocenters. The Kier molecular flexibility index (Phi) is 4.12. The molecule has 106 valence electrons. The molecule has 0 heterocycles. The third-order valence-electron chi connectivity index (χ3n) is 2.34. The van der Waals surface area contributed by atoms with Crippen molar-refractivity contribution in [1.29, 1.82) is 0 Å². The third kappa shape index (κ3) is 3.39. The molecule has 0 saturated carbocycles. The van der Waals surface area contributed by atoms with Crippen LogP contribution in [0.15, 0.2) is 24.3 Å². The number of amides is 1. The SMILES string of the molecule is C[C@@H](NC(=O)C(F)(F)C(F)(F)F)c1cccc(F)c1. The molecule has 8 heteroatoms. The Morgan fingerprint density at radius 1 is 1.21 bits per heavy atom. The summed E-state index contributed by atoms with van der Waals surface area (Å²) in [5.74, 6) is -8.66. The molecule has 1 aromatic carbocycles. The first-order chi connectivity index (χ1) is 8.55. The van der Waals surface area contributed by atoms with Crippen molar-refractivity contribution < 1.29 is 31.1 Å². The fourth-order valence-electron chi connectivity index (χ4n) is 1.28. The van der Waals surface area contributed by atoms with E-state index in [2.05, 4.69) is 0 Å². The summed E-state index contributed by atoms with van der Waals surface area (Å²) in [6.07, 6.45) is -5.97. The Hall–Kier alpha value is -1.73. The number of benzene rings is 1. The molecule has 1 rings (SSSR count). The summed E-state index contributed by atoms with van der Waals surface area (Å²) in [4.78, 5) is 10.9. The highest BCUT2D eigenvalue weighted by Gasteiger charge is 2.63. The zero-order valence-electron chi connectivity index (χ0n) is 9.56. The van der Waals surface area contributed by atoms with E-state index in [-0.39, 0.29) is 5.56 Å². The molecule has 19 heavy (non-hydrogen) atoms. The van der Waals surface area contributed by atoms with Crippen molar-refractivity contribution in [2.75, 3.05) is 0 Å². The van der Waals surface area contributed by atoms with Gasteiger partial charge in [-0.05, 0) is 24.6 Å². The molecular weight excluding hydrogens is 276 g/mol. The molecule has 0 aromatic heterocycles. The maximum Gasteiger partial charge on any atom is 0.463 e. The lowest BCUT2D eigenvalue weighted by molar-refractivity contribution is -0.270. The topological polar surface area (TPSA) is 29.1 Å². The van der Waals surface area contributed by atoms with Gasteiger partial charge in [-0.15, -0.1) is 0 Å². The minimum absolute atomic E-state index is 0.0753. The van der Waals surface area contributed by atoms with E-state index in [0.29, 0.717) is 0 Å². The van der Waals surface area contributed by atoms with E-state index in [9.17, 15) is 31.1 Å². The van der Waals surface area contributed by atoms with Crippen LogP contribution in [-0.2, 0) is 4.79 Å². The molecule has 0 fully saturated rings. The number of nitrogens with one attached hydrogen (secondary N) is 1. The Bertz CT molecular complexity index is 470. The number of hydrogen-bond acceptors (Lipinski definition) is 1. The highest BCUT2D eigenvalue weighted by molar-refractivity contribution is 5.84. The standard InChI is InChI=1S/C11H9F6NO/c1-6(7-3-2-4-8(12)5-7)18-9(19)10(13,14)11(15,16)17/h2-6H,1H3,(H,18,19)/t6-/m1/s1. The Balaban J connectivity index is 2.83. The number of alkyl halides is 5. The molecule has 1 amide bonds. The van der Waals surface area contributed by atoms with Crippen LogP contribution in [0, 0.1) is 5.82 Å². The fourth-order valence-corrected chi connectivity index (χ4v) is 1.28. The van der Waals surface area contributed by atoms with Crippen LogP contribution in [0.4, 0.5) is 26.3 Å². The minimum Gasteiger partial charge on any atom is -0.344 e. The summed E-state index contributed by atoms with van der Waals surface area (Å²) in [6, 6.07) is 3.35. The Labute approximate surface area is 104 Å². The van der Waals surface area contributed by atoms with Crippen molar-refractivity contribution in [1.82, 2.24) is 5.32 Å². The lowest BCUT2D eigenvalue weighted by atomic mass is 10.1. The first-order valence-electron chi connectivity index (χ1n) is 5.06. The monoisotopic (exact) mass is 285 g/mol. The van der Waals surface area contributed by atoms with Crippen LogP contribution in [0.5, 0.6) is 0 Å². The molecule has 0 unspecified atom stereocenters. The normalized spacial score (nSPS) is 14.1. The van der Waals surface area contributed by atoms with Gasteiger partial charge < -0.3 is 5.32 Å². The zero-order valence-corrected chi connectivity index (χ0v) is 9.56. The molecule has 0 spiro atoms. The van der Waals surface area contributed by atoms with Crippen molar-refractivity contribution in [3.8, 4) is 0 Å². The van der Waals surface area contributed by atoms with E-state index in [0.717, 1.165) is 12.1 Å². The number of halogens is 6. The van der Waals surface area contributed by atoms with Gasteiger partial charge in [-0.2, -0.15) is 22.0 Å². The summed E-state index contributed by atoms with van der Waals surface area (Å²) < 4.78 is 74.0. The minimum atomic E-state index is -5.97. The Morgan fingerprint density at radius 2 is 1.79 bits per heavy atom. The largest absolute Gasteiger partial charge is 0.463 e. The quantitative estimate of drug-likeness (QED) is 0.849. The molecule has 0 radical (unpaired) electrons. The first kappa shape index (κ1) is 15.3. The van der Waals surface area contributed by atoms with Gasteiger partial charge in [-0.3, -0.25) is 4.79 Å². The number of carbonyl (C=O) groups is 1. The second-order valence-electron chi connectivity index (χ2n) is 3.82. The highest BCUT2D eigenvalue weighted by atomic mass is 19.4. The van der Waals surface area contributed by atoms with Gasteiger partial charge in [-0.1, -0.05) is 12.1 Å². The lowest BCUT2D eigenvalue weighted by Gasteiger charge is -2.21. The summed E-state index contributed by atoms with van der Waals surface area (Å²) in [5, 5.41) is 1.49. The molecule has 0 aliphatic rings. The average molecular weight is 285 g/mol. The molecule has 0 saturated heterocycles. The average Bonchev–Trinajstić information content (AvgIpc) is 2.27. The van der Waals surface area contributed by atoms with Crippen molar-refractivity contribution >= 4 is 5.91 Å². The summed E-state index contributed by atoms with van der Waals surface area (Å²) in [6.45, 7) is 1.17. The van der Waals surface area contributed by atoms with E-state index in [1.807, 2.05) is 0 Å². The highest BCUT2D eigenvalue weighted by Crippen LogP contribution is 2.35. The van der Waals surface area contributed by atoms with E-state index in [1.165, 1.54) is 24.4 Å². The van der Waals surface area contributed by atoms with Gasteiger partial charge in [0.1, 0.15) is 5.82 Å². The number of rotatable bonds is 3. The van der Waals surface area contributed by atoms with Crippen LogP contribution in [0.2, 0.25) is 0 Å². The van der Waals surface area contributed by atoms with Crippen LogP contribution in [-0.4, -0.2) is 18.0 Å². The van der Waals surface area contributed by atoms with Gasteiger partial charge in [0, 0.05) is 0 Å². The third-order valence-corrected chi connectivity index (χ3v) is 2.34. The molecular formula is C11H9F6NO. The predicted molar refractivity (Wildman–Crippen MR) is 54.0 cm³/mol. The maximum atomic E-state index is 12.8. The zero-order chi connectivity index (χ0) is 14.8. The smallest absolute Gasteiger partial charge is 0.344 e. The Morgan fingerprint density at radius 3 is 2.26 bits per heavy atom. The molecule has 0 bridgehead atoms. The first-order valence-corrected chi connectivity index (χ1v) is 5.06. The van der Waals surface area contributed by atoms with Gasteiger partial charge in [0.15, 0.2) is 0 Å². The van der Waals surface area contributed by atoms with Gasteiger partial charge in [0.05, 0.1) is 6.04 Å². The molecule has 2 nitrogen and oxygen atoms in total. The van der Waals surface area contributed by atoms with Crippen molar-refractivity contribution in [3.05, 3.63) is 35.6 Å². The van der Waals surface area contributed by atoms with Crippen molar-refractivity contribution in [3.63, 3.8) is 0 Å². The lowest BCUT2D eigenvalue weighted by Crippen LogP contribution is -2.50.